The van der Waals surface area contributed by atoms with Crippen LogP contribution in [-0.2, 0) is 11.3 Å². The third-order valence-electron chi connectivity index (χ3n) is 2.80. The van der Waals surface area contributed by atoms with E-state index in [0.29, 0.717) is 22.9 Å². The summed E-state index contributed by atoms with van der Waals surface area (Å²) in [4.78, 5) is 18.3. The lowest BCUT2D eigenvalue weighted by molar-refractivity contribution is -0.117. The van der Waals surface area contributed by atoms with E-state index in [9.17, 15) is 4.79 Å². The Hall–Kier alpha value is -1.63. The highest BCUT2D eigenvalue weighted by Gasteiger charge is 2.10. The maximum atomic E-state index is 12.0. The van der Waals surface area contributed by atoms with E-state index >= 15 is 0 Å². The second-order valence-electron chi connectivity index (χ2n) is 4.81. The van der Waals surface area contributed by atoms with Gasteiger partial charge in [0.1, 0.15) is 0 Å². The lowest BCUT2D eigenvalue weighted by atomic mass is 10.2. The number of nitrogens with two attached hydrogens (primary N) is 1. The summed E-state index contributed by atoms with van der Waals surface area (Å²) in [6.45, 7) is 2.84. The number of nitrogens with one attached hydrogen (secondary N) is 1. The number of amides is 1. The van der Waals surface area contributed by atoms with E-state index in [1.807, 2.05) is 24.3 Å². The van der Waals surface area contributed by atoms with Gasteiger partial charge in [-0.15, -0.1) is 11.3 Å². The van der Waals surface area contributed by atoms with Gasteiger partial charge in [-0.2, -0.15) is 0 Å². The largest absolute Gasteiger partial charge is 0.397 e. The molecule has 1 aromatic carbocycles. The second-order valence-corrected chi connectivity index (χ2v) is 6.31. The third kappa shape index (κ3) is 4.70. The standard InChI is InChI=1S/C14H17ClN4OS/c1-9-17-11(8-21-9)6-19(2)7-14(20)18-13-5-10(15)3-4-12(13)16/h3-5,8H,6-7,16H2,1-2H3,(H,18,20). The SMILES string of the molecule is Cc1nc(CN(C)CC(=O)Nc2cc(Cl)ccc2N)cs1. The number of thiazole rings is 1. The number of carbonyl (C=O) groups is 1. The zero-order valence-electron chi connectivity index (χ0n) is 11.9. The second kappa shape index (κ2) is 6.89. The summed E-state index contributed by atoms with van der Waals surface area (Å²) in [6.07, 6.45) is 0. The first-order chi connectivity index (χ1) is 9.94. The number of rotatable bonds is 5. The molecule has 0 unspecified atom stereocenters. The van der Waals surface area contributed by atoms with Crippen LogP contribution in [0.2, 0.25) is 5.02 Å². The molecule has 1 amide bonds. The highest BCUT2D eigenvalue weighted by molar-refractivity contribution is 7.09. The maximum Gasteiger partial charge on any atom is 0.238 e. The molecule has 0 aliphatic carbocycles. The number of nitrogens with zero attached hydrogens (tertiary/aromatic N) is 2. The summed E-state index contributed by atoms with van der Waals surface area (Å²) in [5.74, 6) is -0.140. The Balaban J connectivity index is 1.90. The van der Waals surface area contributed by atoms with Crippen LogP contribution in [0.5, 0.6) is 0 Å². The smallest absolute Gasteiger partial charge is 0.238 e. The Labute approximate surface area is 132 Å². The number of carbonyl (C=O) groups excluding carboxylic acids is 1. The van der Waals surface area contributed by atoms with E-state index in [2.05, 4.69) is 10.3 Å². The average Bonchev–Trinajstić information content (AvgIpc) is 2.79. The van der Waals surface area contributed by atoms with Crippen LogP contribution in [0.3, 0.4) is 0 Å². The number of nitrogen functional groups attached to an aromatic ring is 1. The van der Waals surface area contributed by atoms with Crippen LogP contribution >= 0.6 is 22.9 Å². The number of anilines is 2. The molecule has 3 N–H and O–H groups in total. The molecule has 0 aliphatic rings. The molecular formula is C14H17ClN4OS. The van der Waals surface area contributed by atoms with Crippen molar-refractivity contribution in [1.82, 2.24) is 9.88 Å². The molecule has 2 aromatic rings. The van der Waals surface area contributed by atoms with Crippen molar-refractivity contribution in [3.63, 3.8) is 0 Å². The van der Waals surface area contributed by atoms with Crippen molar-refractivity contribution in [3.05, 3.63) is 39.3 Å². The number of halogens is 1. The van der Waals surface area contributed by atoms with E-state index in [4.69, 9.17) is 17.3 Å². The van der Waals surface area contributed by atoms with Gasteiger partial charge in [-0.25, -0.2) is 4.98 Å². The number of aromatic nitrogens is 1. The van der Waals surface area contributed by atoms with Gasteiger partial charge in [-0.05, 0) is 32.2 Å². The van der Waals surface area contributed by atoms with Crippen LogP contribution in [0.4, 0.5) is 11.4 Å². The van der Waals surface area contributed by atoms with Crippen LogP contribution in [0.25, 0.3) is 0 Å². The summed E-state index contributed by atoms with van der Waals surface area (Å²) in [6, 6.07) is 4.99. The predicted molar refractivity (Wildman–Crippen MR) is 87.7 cm³/mol. The first kappa shape index (κ1) is 15.8. The van der Waals surface area contributed by atoms with Gasteiger partial charge in [0.05, 0.1) is 28.6 Å². The molecule has 1 heterocycles. The van der Waals surface area contributed by atoms with E-state index in [0.717, 1.165) is 10.7 Å². The highest BCUT2D eigenvalue weighted by Crippen LogP contribution is 2.22. The average molecular weight is 325 g/mol. The Bertz CT molecular complexity index is 644. The molecule has 0 fully saturated rings. The Morgan fingerprint density at radius 2 is 2.29 bits per heavy atom. The van der Waals surface area contributed by atoms with Gasteiger partial charge in [0.25, 0.3) is 0 Å². The summed E-state index contributed by atoms with van der Waals surface area (Å²) in [7, 11) is 1.87. The molecule has 21 heavy (non-hydrogen) atoms. The maximum absolute atomic E-state index is 12.0. The molecule has 2 rings (SSSR count). The fraction of sp³-hybridized carbons (Fsp3) is 0.286. The van der Waals surface area contributed by atoms with Crippen molar-refractivity contribution in [2.45, 2.75) is 13.5 Å². The van der Waals surface area contributed by atoms with E-state index in [-0.39, 0.29) is 12.5 Å². The van der Waals surface area contributed by atoms with Crippen molar-refractivity contribution in [2.24, 2.45) is 0 Å². The zero-order chi connectivity index (χ0) is 15.4. The summed E-state index contributed by atoms with van der Waals surface area (Å²) in [5, 5.41) is 6.32. The minimum absolute atomic E-state index is 0.140. The molecule has 112 valence electrons. The van der Waals surface area contributed by atoms with Gasteiger partial charge in [0, 0.05) is 16.9 Å². The molecule has 0 aliphatic heterocycles. The molecule has 7 heteroatoms. The van der Waals surface area contributed by atoms with Crippen LogP contribution in [0.1, 0.15) is 10.7 Å². The number of hydrogen-bond acceptors (Lipinski definition) is 5. The molecule has 5 nitrogen and oxygen atoms in total. The topological polar surface area (TPSA) is 71.2 Å². The Kier molecular flexibility index (Phi) is 5.17. The van der Waals surface area contributed by atoms with Crippen LogP contribution in [0, 0.1) is 6.92 Å². The van der Waals surface area contributed by atoms with Crippen molar-refractivity contribution < 1.29 is 4.79 Å². The minimum atomic E-state index is -0.140. The molecule has 0 spiro atoms. The van der Waals surface area contributed by atoms with Crippen molar-refractivity contribution in [3.8, 4) is 0 Å². The van der Waals surface area contributed by atoms with Gasteiger partial charge in [0.2, 0.25) is 5.91 Å². The molecule has 0 atom stereocenters. The van der Waals surface area contributed by atoms with Gasteiger partial charge in [0.15, 0.2) is 0 Å². The lowest BCUT2D eigenvalue weighted by Gasteiger charge is -2.15. The van der Waals surface area contributed by atoms with E-state index < -0.39 is 0 Å². The Morgan fingerprint density at radius 3 is 2.95 bits per heavy atom. The molecule has 0 saturated carbocycles. The van der Waals surface area contributed by atoms with Gasteiger partial charge < -0.3 is 11.1 Å². The van der Waals surface area contributed by atoms with E-state index in [1.54, 1.807) is 29.5 Å². The number of aryl methyl sites for hydroxylation is 1. The third-order valence-corrected chi connectivity index (χ3v) is 3.86. The quantitative estimate of drug-likeness (QED) is 0.830. The lowest BCUT2D eigenvalue weighted by Crippen LogP contribution is -2.30. The summed E-state index contributed by atoms with van der Waals surface area (Å²) >= 11 is 7.49. The van der Waals surface area contributed by atoms with Crippen molar-refractivity contribution >= 4 is 40.2 Å². The van der Waals surface area contributed by atoms with Gasteiger partial charge in [-0.3, -0.25) is 9.69 Å². The molecule has 1 aromatic heterocycles. The fourth-order valence-corrected chi connectivity index (χ4v) is 2.66. The van der Waals surface area contributed by atoms with Crippen LogP contribution in [-0.4, -0.2) is 29.4 Å². The van der Waals surface area contributed by atoms with Crippen LogP contribution < -0.4 is 11.1 Å². The number of benzene rings is 1. The minimum Gasteiger partial charge on any atom is -0.397 e. The van der Waals surface area contributed by atoms with Gasteiger partial charge in [-0.1, -0.05) is 11.6 Å². The van der Waals surface area contributed by atoms with Crippen molar-refractivity contribution in [1.29, 1.82) is 0 Å². The van der Waals surface area contributed by atoms with E-state index in [1.165, 1.54) is 0 Å². The number of hydrogen-bond donors (Lipinski definition) is 2. The normalized spacial score (nSPS) is 10.9. The monoisotopic (exact) mass is 324 g/mol. The highest BCUT2D eigenvalue weighted by atomic mass is 35.5. The Morgan fingerprint density at radius 1 is 1.52 bits per heavy atom. The summed E-state index contributed by atoms with van der Waals surface area (Å²) in [5.41, 5.74) is 7.79. The predicted octanol–water partition coefficient (Wildman–Crippen LogP) is 2.76. The molecule has 0 bridgehead atoms. The summed E-state index contributed by atoms with van der Waals surface area (Å²) < 4.78 is 0. The van der Waals surface area contributed by atoms with Gasteiger partial charge >= 0.3 is 0 Å². The number of likely N-dealkylation sites (N-methyl/N-ethyl adjacent to an activating group) is 1. The fourth-order valence-electron chi connectivity index (χ4n) is 1.88. The zero-order valence-corrected chi connectivity index (χ0v) is 13.5. The first-order valence-electron chi connectivity index (χ1n) is 6.38. The van der Waals surface area contributed by atoms with Crippen LogP contribution in [0.15, 0.2) is 23.6 Å². The first-order valence-corrected chi connectivity index (χ1v) is 7.64. The molecular weight excluding hydrogens is 308 g/mol. The molecule has 0 radical (unpaired) electrons. The molecule has 0 saturated heterocycles. The van der Waals surface area contributed by atoms with Crippen molar-refractivity contribution in [2.75, 3.05) is 24.6 Å².